The number of benzene rings is 2. The molecule has 2 aromatic rings. The maximum Gasteiger partial charge on any atom is 0.265 e. The first-order valence-corrected chi connectivity index (χ1v) is 7.08. The highest BCUT2D eigenvalue weighted by molar-refractivity contribution is 6.32. The van der Waals surface area contributed by atoms with Crippen LogP contribution in [-0.2, 0) is 4.79 Å². The van der Waals surface area contributed by atoms with E-state index in [0.717, 1.165) is 0 Å². The van der Waals surface area contributed by atoms with Crippen LogP contribution in [0.25, 0.3) is 0 Å². The lowest BCUT2D eigenvalue weighted by atomic mass is 10.2. The summed E-state index contributed by atoms with van der Waals surface area (Å²) in [6.07, 6.45) is -0.765. The van der Waals surface area contributed by atoms with Crippen molar-refractivity contribution in [3.05, 3.63) is 58.6 Å². The fourth-order valence-corrected chi connectivity index (χ4v) is 2.05. The van der Waals surface area contributed by atoms with Gasteiger partial charge in [0.05, 0.1) is 22.2 Å². The van der Waals surface area contributed by atoms with Gasteiger partial charge in [-0.05, 0) is 43.3 Å². The van der Waals surface area contributed by atoms with Gasteiger partial charge in [0, 0.05) is 5.69 Å². The number of nitrogens with zero attached hydrogens (tertiary/aromatic N) is 2. The van der Waals surface area contributed by atoms with Crippen molar-refractivity contribution in [3.63, 3.8) is 0 Å². The van der Waals surface area contributed by atoms with Crippen LogP contribution in [0.5, 0.6) is 5.75 Å². The van der Waals surface area contributed by atoms with Crippen LogP contribution in [-0.4, -0.2) is 12.0 Å². The van der Waals surface area contributed by atoms with Crippen LogP contribution in [0.3, 0.4) is 0 Å². The zero-order valence-electron chi connectivity index (χ0n) is 12.2. The Bertz CT molecular complexity index is 821. The molecule has 0 aliphatic carbocycles. The fraction of sp³-hybridized carbons (Fsp3) is 0.118. The molecule has 0 saturated heterocycles. The molecule has 0 heterocycles. The minimum atomic E-state index is -0.765. The summed E-state index contributed by atoms with van der Waals surface area (Å²) in [5, 5.41) is 20.6. The van der Waals surface area contributed by atoms with E-state index in [2.05, 4.69) is 5.32 Å². The average Bonchev–Trinajstić information content (AvgIpc) is 2.55. The lowest BCUT2D eigenvalue weighted by molar-refractivity contribution is -0.122. The Kier molecular flexibility index (Phi) is 5.19. The molecule has 1 atom stereocenters. The summed E-state index contributed by atoms with van der Waals surface area (Å²) in [6, 6.07) is 15.1. The van der Waals surface area contributed by atoms with Crippen molar-refractivity contribution < 1.29 is 9.53 Å². The molecule has 6 heteroatoms. The highest BCUT2D eigenvalue weighted by Crippen LogP contribution is 2.21. The van der Waals surface area contributed by atoms with Crippen LogP contribution in [0.1, 0.15) is 18.1 Å². The predicted molar refractivity (Wildman–Crippen MR) is 86.0 cm³/mol. The highest BCUT2D eigenvalue weighted by Gasteiger charge is 2.15. The van der Waals surface area contributed by atoms with Gasteiger partial charge in [-0.25, -0.2) is 0 Å². The topological polar surface area (TPSA) is 85.9 Å². The van der Waals surface area contributed by atoms with Crippen LogP contribution in [0, 0.1) is 22.7 Å². The molecule has 2 rings (SSSR count). The predicted octanol–water partition coefficient (Wildman–Crippen LogP) is 3.49. The number of carbonyl (C=O) groups is 1. The monoisotopic (exact) mass is 325 g/mol. The Labute approximate surface area is 138 Å². The highest BCUT2D eigenvalue weighted by atomic mass is 35.5. The number of amides is 1. The zero-order chi connectivity index (χ0) is 16.8. The second-order valence-corrected chi connectivity index (χ2v) is 5.10. The molecule has 114 valence electrons. The van der Waals surface area contributed by atoms with Crippen molar-refractivity contribution in [2.75, 3.05) is 5.32 Å². The summed E-state index contributed by atoms with van der Waals surface area (Å²) in [4.78, 5) is 12.1. The number of nitrogens with one attached hydrogen (secondary N) is 1. The van der Waals surface area contributed by atoms with Crippen molar-refractivity contribution in [2.24, 2.45) is 0 Å². The average molecular weight is 326 g/mol. The molecule has 2 aromatic carbocycles. The Morgan fingerprint density at radius 2 is 2.00 bits per heavy atom. The van der Waals surface area contributed by atoms with Crippen molar-refractivity contribution in [1.29, 1.82) is 10.5 Å². The van der Waals surface area contributed by atoms with Gasteiger partial charge in [-0.15, -0.1) is 0 Å². The van der Waals surface area contributed by atoms with Gasteiger partial charge in [0.25, 0.3) is 5.91 Å². The summed E-state index contributed by atoms with van der Waals surface area (Å²) in [5.74, 6) is 0.0673. The standard InChI is InChI=1S/C17H12ClN3O2/c1-11(23-15-4-2-3-12(7-15)9-19)17(22)21-14-6-5-13(10-20)16(18)8-14/h2-8,11H,1H3,(H,21,22). The first kappa shape index (κ1) is 16.4. The van der Waals surface area contributed by atoms with Crippen LogP contribution in [0.4, 0.5) is 5.69 Å². The summed E-state index contributed by atoms with van der Waals surface area (Å²) in [5.41, 5.74) is 1.26. The molecule has 1 N–H and O–H groups in total. The van der Waals surface area contributed by atoms with Gasteiger partial charge in [0.1, 0.15) is 11.8 Å². The third-order valence-corrected chi connectivity index (χ3v) is 3.32. The Balaban J connectivity index is 2.04. The zero-order valence-corrected chi connectivity index (χ0v) is 13.0. The molecule has 0 radical (unpaired) electrons. The molecule has 0 spiro atoms. The van der Waals surface area contributed by atoms with Gasteiger partial charge in [0.2, 0.25) is 0 Å². The van der Waals surface area contributed by atoms with E-state index in [4.69, 9.17) is 26.9 Å². The maximum atomic E-state index is 12.1. The SMILES string of the molecule is CC(Oc1cccc(C#N)c1)C(=O)Nc1ccc(C#N)c(Cl)c1. The van der Waals surface area contributed by atoms with Gasteiger partial charge in [0.15, 0.2) is 6.10 Å². The smallest absolute Gasteiger partial charge is 0.265 e. The molecule has 1 amide bonds. The van der Waals surface area contributed by atoms with Crippen molar-refractivity contribution >= 4 is 23.2 Å². The van der Waals surface area contributed by atoms with E-state index in [-0.39, 0.29) is 10.9 Å². The molecule has 23 heavy (non-hydrogen) atoms. The summed E-state index contributed by atoms with van der Waals surface area (Å²) in [7, 11) is 0. The Morgan fingerprint density at radius 3 is 2.65 bits per heavy atom. The van der Waals surface area contributed by atoms with Gasteiger partial charge in [-0.3, -0.25) is 4.79 Å². The third kappa shape index (κ3) is 4.23. The van der Waals surface area contributed by atoms with Crippen LogP contribution >= 0.6 is 11.6 Å². The number of rotatable bonds is 4. The second kappa shape index (κ2) is 7.31. The number of hydrogen-bond acceptors (Lipinski definition) is 4. The van der Waals surface area contributed by atoms with Gasteiger partial charge < -0.3 is 10.1 Å². The molecule has 0 fully saturated rings. The van der Waals surface area contributed by atoms with E-state index in [9.17, 15) is 4.79 Å². The van der Waals surface area contributed by atoms with E-state index in [0.29, 0.717) is 22.6 Å². The summed E-state index contributed by atoms with van der Waals surface area (Å²) >= 11 is 5.92. The molecule has 0 saturated carbocycles. The van der Waals surface area contributed by atoms with Crippen molar-refractivity contribution in [1.82, 2.24) is 0 Å². The molecular formula is C17H12ClN3O2. The Morgan fingerprint density at radius 1 is 1.22 bits per heavy atom. The lowest BCUT2D eigenvalue weighted by Crippen LogP contribution is -2.30. The number of anilines is 1. The van der Waals surface area contributed by atoms with E-state index in [1.54, 1.807) is 37.3 Å². The molecule has 0 aromatic heterocycles. The van der Waals surface area contributed by atoms with Gasteiger partial charge in [-0.2, -0.15) is 10.5 Å². The maximum absolute atomic E-state index is 12.1. The minimum Gasteiger partial charge on any atom is -0.481 e. The number of hydrogen-bond donors (Lipinski definition) is 1. The largest absolute Gasteiger partial charge is 0.481 e. The van der Waals surface area contributed by atoms with Gasteiger partial charge in [-0.1, -0.05) is 17.7 Å². The molecule has 0 bridgehead atoms. The molecule has 1 unspecified atom stereocenters. The van der Waals surface area contributed by atoms with E-state index < -0.39 is 6.10 Å². The third-order valence-electron chi connectivity index (χ3n) is 3.00. The number of halogens is 1. The van der Waals surface area contributed by atoms with Crippen LogP contribution in [0.15, 0.2) is 42.5 Å². The van der Waals surface area contributed by atoms with Crippen LogP contribution in [0.2, 0.25) is 5.02 Å². The quantitative estimate of drug-likeness (QED) is 0.932. The first-order chi connectivity index (χ1) is 11.0. The summed E-state index contributed by atoms with van der Waals surface area (Å²) < 4.78 is 5.52. The van der Waals surface area contributed by atoms with Crippen molar-refractivity contribution in [3.8, 4) is 17.9 Å². The second-order valence-electron chi connectivity index (χ2n) is 4.70. The molecular weight excluding hydrogens is 314 g/mol. The van der Waals surface area contributed by atoms with Crippen LogP contribution < -0.4 is 10.1 Å². The number of ether oxygens (including phenoxy) is 1. The lowest BCUT2D eigenvalue weighted by Gasteiger charge is -2.15. The summed E-state index contributed by atoms with van der Waals surface area (Å²) in [6.45, 7) is 1.60. The van der Waals surface area contributed by atoms with E-state index in [1.807, 2.05) is 12.1 Å². The molecule has 5 nitrogen and oxygen atoms in total. The normalized spacial score (nSPS) is 11.0. The first-order valence-electron chi connectivity index (χ1n) is 6.71. The van der Waals surface area contributed by atoms with E-state index in [1.165, 1.54) is 12.1 Å². The molecule has 0 aliphatic heterocycles. The van der Waals surface area contributed by atoms with Gasteiger partial charge >= 0.3 is 0 Å². The fourth-order valence-electron chi connectivity index (χ4n) is 1.82. The number of carbonyl (C=O) groups excluding carboxylic acids is 1. The molecule has 0 aliphatic rings. The van der Waals surface area contributed by atoms with E-state index >= 15 is 0 Å². The van der Waals surface area contributed by atoms with Crippen molar-refractivity contribution in [2.45, 2.75) is 13.0 Å². The Hall–Kier alpha value is -3.02. The number of nitriles is 2. The minimum absolute atomic E-state index is 0.264.